The predicted molar refractivity (Wildman–Crippen MR) is 135 cm³/mol. The molecule has 170 valence electrons. The molecule has 0 unspecified atom stereocenters. The summed E-state index contributed by atoms with van der Waals surface area (Å²) in [7, 11) is 0. The van der Waals surface area contributed by atoms with E-state index in [1.165, 1.54) is 29.4 Å². The summed E-state index contributed by atoms with van der Waals surface area (Å²) in [6, 6.07) is 14.5. The van der Waals surface area contributed by atoms with Gasteiger partial charge in [-0.15, -0.1) is 12.4 Å². The summed E-state index contributed by atoms with van der Waals surface area (Å²) in [5, 5.41) is 2.08. The Hall–Kier alpha value is -2.01. The van der Waals surface area contributed by atoms with Crippen molar-refractivity contribution in [2.45, 2.75) is 44.4 Å². The largest absolute Gasteiger partial charge is 0.360 e. The molecule has 0 atom stereocenters. The Kier molecular flexibility index (Phi) is 7.44. The predicted octanol–water partition coefficient (Wildman–Crippen LogP) is 6.18. The summed E-state index contributed by atoms with van der Waals surface area (Å²) >= 11 is 6.33. The maximum Gasteiger partial charge on any atom is 0.227 e. The van der Waals surface area contributed by atoms with Gasteiger partial charge in [0.15, 0.2) is 0 Å². The number of benzene rings is 2. The fraction of sp³-hybridized carbons (Fsp3) is 0.423. The summed E-state index contributed by atoms with van der Waals surface area (Å²) in [6.45, 7) is 4.24. The van der Waals surface area contributed by atoms with Gasteiger partial charge in [-0.1, -0.05) is 41.9 Å². The normalized spacial score (nSPS) is 17.4. The number of hydrogen-bond donors (Lipinski definition) is 1. The highest BCUT2D eigenvalue weighted by molar-refractivity contribution is 6.35. The molecule has 0 radical (unpaired) electrons. The van der Waals surface area contributed by atoms with E-state index in [2.05, 4.69) is 40.3 Å². The van der Waals surface area contributed by atoms with Gasteiger partial charge in [0.1, 0.15) is 0 Å². The average molecular weight is 472 g/mol. The van der Waals surface area contributed by atoms with E-state index in [0.717, 1.165) is 61.7 Å². The molecule has 0 aliphatic carbocycles. The van der Waals surface area contributed by atoms with Crippen LogP contribution in [-0.2, 0) is 11.2 Å². The quantitative estimate of drug-likeness (QED) is 0.435. The number of likely N-dealkylation sites (tertiary alicyclic amines) is 1. The van der Waals surface area contributed by atoms with Gasteiger partial charge in [-0.2, -0.15) is 0 Å². The van der Waals surface area contributed by atoms with Crippen molar-refractivity contribution in [3.05, 3.63) is 64.8 Å². The number of unbranched alkanes of at least 4 members (excludes halogenated alkanes) is 1. The van der Waals surface area contributed by atoms with Crippen LogP contribution in [0.5, 0.6) is 0 Å². The van der Waals surface area contributed by atoms with Gasteiger partial charge >= 0.3 is 0 Å². The molecule has 1 saturated heterocycles. The molecule has 1 N–H and O–H groups in total. The third-order valence-electron chi connectivity index (χ3n) is 7.02. The van der Waals surface area contributed by atoms with Crippen molar-refractivity contribution in [3.63, 3.8) is 0 Å². The van der Waals surface area contributed by atoms with E-state index in [1.54, 1.807) is 0 Å². The molecule has 1 amide bonds. The third kappa shape index (κ3) is 4.68. The molecule has 4 nitrogen and oxygen atoms in total. The van der Waals surface area contributed by atoms with Crippen molar-refractivity contribution in [1.82, 2.24) is 9.88 Å². The Labute approximate surface area is 201 Å². The SMILES string of the molecule is Cl.O=C1CCc2ccccc2N1CCCCN1CCC(c2c[nH]c3c(Cl)cccc23)CC1. The van der Waals surface area contributed by atoms with Gasteiger partial charge in [-0.25, -0.2) is 0 Å². The number of piperidine rings is 1. The molecule has 5 rings (SSSR count). The number of aromatic amines is 1. The zero-order chi connectivity index (χ0) is 21.2. The van der Waals surface area contributed by atoms with Crippen molar-refractivity contribution in [3.8, 4) is 0 Å². The van der Waals surface area contributed by atoms with Crippen LogP contribution in [0.4, 0.5) is 5.69 Å². The molecular weight excluding hydrogens is 441 g/mol. The first kappa shape index (κ1) is 23.2. The van der Waals surface area contributed by atoms with Crippen LogP contribution in [0.25, 0.3) is 10.9 Å². The molecule has 1 fully saturated rings. The number of amides is 1. The minimum atomic E-state index is 0. The Balaban J connectivity index is 0.00000245. The molecule has 0 spiro atoms. The Bertz CT molecular complexity index is 1070. The number of carbonyl (C=O) groups is 1. The number of aromatic nitrogens is 1. The highest BCUT2D eigenvalue weighted by atomic mass is 35.5. The van der Waals surface area contributed by atoms with E-state index < -0.39 is 0 Å². The molecule has 32 heavy (non-hydrogen) atoms. The average Bonchev–Trinajstić information content (AvgIpc) is 3.24. The maximum absolute atomic E-state index is 12.4. The number of carbonyl (C=O) groups excluding carboxylic acids is 1. The van der Waals surface area contributed by atoms with Crippen molar-refractivity contribution < 1.29 is 4.79 Å². The van der Waals surface area contributed by atoms with Gasteiger partial charge in [0.25, 0.3) is 0 Å². The number of halogens is 2. The number of nitrogens with zero attached hydrogens (tertiary/aromatic N) is 2. The maximum atomic E-state index is 12.4. The molecule has 2 aliphatic rings. The number of anilines is 1. The van der Waals surface area contributed by atoms with Crippen LogP contribution in [-0.4, -0.2) is 42.0 Å². The zero-order valence-corrected chi connectivity index (χ0v) is 19.9. The fourth-order valence-corrected chi connectivity index (χ4v) is 5.52. The van der Waals surface area contributed by atoms with E-state index in [4.69, 9.17) is 11.6 Å². The first-order chi connectivity index (χ1) is 15.2. The zero-order valence-electron chi connectivity index (χ0n) is 18.4. The summed E-state index contributed by atoms with van der Waals surface area (Å²) in [4.78, 5) is 20.4. The lowest BCUT2D eigenvalue weighted by molar-refractivity contribution is -0.118. The minimum Gasteiger partial charge on any atom is -0.360 e. The number of hydrogen-bond acceptors (Lipinski definition) is 2. The molecule has 2 aliphatic heterocycles. The fourth-order valence-electron chi connectivity index (χ4n) is 5.29. The first-order valence-electron chi connectivity index (χ1n) is 11.6. The van der Waals surface area contributed by atoms with Crippen molar-refractivity contribution >= 4 is 46.5 Å². The van der Waals surface area contributed by atoms with Crippen LogP contribution in [0.2, 0.25) is 5.02 Å². The van der Waals surface area contributed by atoms with Gasteiger partial charge in [-0.05, 0) is 80.9 Å². The van der Waals surface area contributed by atoms with Crippen molar-refractivity contribution in [2.24, 2.45) is 0 Å². The van der Waals surface area contributed by atoms with Crippen LogP contribution in [0.1, 0.15) is 49.1 Å². The van der Waals surface area contributed by atoms with Crippen LogP contribution < -0.4 is 4.90 Å². The van der Waals surface area contributed by atoms with E-state index in [0.29, 0.717) is 12.3 Å². The van der Waals surface area contributed by atoms with Gasteiger partial charge in [0.2, 0.25) is 5.91 Å². The summed E-state index contributed by atoms with van der Waals surface area (Å²) in [5.41, 5.74) is 4.91. The van der Waals surface area contributed by atoms with Gasteiger partial charge in [0.05, 0.1) is 10.5 Å². The van der Waals surface area contributed by atoms with Gasteiger partial charge < -0.3 is 14.8 Å². The third-order valence-corrected chi connectivity index (χ3v) is 7.34. The highest BCUT2D eigenvalue weighted by Gasteiger charge is 2.25. The number of aryl methyl sites for hydroxylation is 1. The molecular formula is C26H31Cl2N3O. The number of rotatable bonds is 6. The Morgan fingerprint density at radius 1 is 0.969 bits per heavy atom. The molecule has 3 aromatic rings. The molecule has 6 heteroatoms. The topological polar surface area (TPSA) is 39.3 Å². The summed E-state index contributed by atoms with van der Waals surface area (Å²) < 4.78 is 0. The van der Waals surface area contributed by atoms with Crippen molar-refractivity contribution in [1.29, 1.82) is 0 Å². The summed E-state index contributed by atoms with van der Waals surface area (Å²) in [5.74, 6) is 0.879. The smallest absolute Gasteiger partial charge is 0.227 e. The Morgan fingerprint density at radius 2 is 1.75 bits per heavy atom. The summed E-state index contributed by atoms with van der Waals surface area (Å²) in [6.07, 6.45) is 8.26. The van der Waals surface area contributed by atoms with Gasteiger partial charge in [-0.3, -0.25) is 4.79 Å². The lowest BCUT2D eigenvalue weighted by atomic mass is 9.89. The number of fused-ring (bicyclic) bond motifs is 2. The molecule has 2 aromatic carbocycles. The van der Waals surface area contributed by atoms with Crippen LogP contribution in [0.3, 0.4) is 0 Å². The second kappa shape index (κ2) is 10.3. The monoisotopic (exact) mass is 471 g/mol. The lowest BCUT2D eigenvalue weighted by Crippen LogP contribution is -2.37. The molecule has 0 bridgehead atoms. The van der Waals surface area contributed by atoms with Crippen LogP contribution in [0.15, 0.2) is 48.7 Å². The van der Waals surface area contributed by atoms with E-state index in [9.17, 15) is 4.79 Å². The Morgan fingerprint density at radius 3 is 2.59 bits per heavy atom. The van der Waals surface area contributed by atoms with E-state index >= 15 is 0 Å². The standard InChI is InChI=1S/C26H30ClN3O.ClH/c27-23-8-5-7-21-22(18-28-26(21)23)19-12-16-29(17-13-19)14-3-4-15-30-24-9-2-1-6-20(24)10-11-25(30)31;/h1-2,5-9,18-19,28H,3-4,10-17H2;1H. The first-order valence-corrected chi connectivity index (χ1v) is 11.9. The lowest BCUT2D eigenvalue weighted by Gasteiger charge is -2.32. The molecule has 1 aromatic heterocycles. The van der Waals surface area contributed by atoms with Crippen LogP contribution in [0, 0.1) is 0 Å². The van der Waals surface area contributed by atoms with Gasteiger partial charge in [0, 0.05) is 30.2 Å². The number of para-hydroxylation sites is 2. The number of nitrogens with one attached hydrogen (secondary N) is 1. The molecule has 0 saturated carbocycles. The second-order valence-corrected chi connectivity index (χ2v) is 9.31. The van der Waals surface area contributed by atoms with Crippen molar-refractivity contribution in [2.75, 3.05) is 31.1 Å². The number of H-pyrrole nitrogens is 1. The highest BCUT2D eigenvalue weighted by Crippen LogP contribution is 2.35. The molecule has 3 heterocycles. The van der Waals surface area contributed by atoms with E-state index in [-0.39, 0.29) is 18.3 Å². The van der Waals surface area contributed by atoms with E-state index in [1.807, 2.05) is 23.1 Å². The second-order valence-electron chi connectivity index (χ2n) is 8.90. The van der Waals surface area contributed by atoms with Crippen LogP contribution >= 0.6 is 24.0 Å². The minimum absolute atomic E-state index is 0.